The molecule has 3 aromatic rings. The van der Waals surface area contributed by atoms with Gasteiger partial charge in [-0.05, 0) is 44.6 Å². The van der Waals surface area contributed by atoms with Gasteiger partial charge in [0, 0.05) is 17.0 Å². The summed E-state index contributed by atoms with van der Waals surface area (Å²) in [4.78, 5) is 33.8. The molecule has 1 unspecified atom stereocenters. The van der Waals surface area contributed by atoms with E-state index < -0.39 is 12.0 Å². The molecular weight excluding hydrogens is 412 g/mol. The molecule has 164 valence electrons. The largest absolute Gasteiger partial charge is 0.462 e. The molecule has 2 heterocycles. The zero-order valence-corrected chi connectivity index (χ0v) is 18.9. The Morgan fingerprint density at radius 2 is 1.94 bits per heavy atom. The van der Waals surface area contributed by atoms with Gasteiger partial charge < -0.3 is 9.47 Å². The third-order valence-electron chi connectivity index (χ3n) is 5.70. The molecule has 0 saturated heterocycles. The molecule has 0 bridgehead atoms. The lowest BCUT2D eigenvalue weighted by Gasteiger charge is -2.21. The highest BCUT2D eigenvalue weighted by atomic mass is 32.1. The van der Waals surface area contributed by atoms with Crippen molar-refractivity contribution < 1.29 is 14.3 Å². The minimum atomic E-state index is -0.736. The number of hydrogen-bond donors (Lipinski definition) is 0. The molecule has 6 nitrogen and oxygen atoms in total. The number of ether oxygens (including phenoxy) is 2. The van der Waals surface area contributed by atoms with Crippen molar-refractivity contribution in [1.82, 2.24) is 9.55 Å². The molecule has 4 rings (SSSR count). The minimum absolute atomic E-state index is 0.142. The van der Waals surface area contributed by atoms with Crippen LogP contribution in [0.1, 0.15) is 49.6 Å². The molecule has 0 fully saturated rings. The van der Waals surface area contributed by atoms with Crippen molar-refractivity contribution in [3.8, 4) is 11.4 Å². The molecule has 31 heavy (non-hydrogen) atoms. The van der Waals surface area contributed by atoms with Crippen LogP contribution in [-0.4, -0.2) is 35.3 Å². The summed E-state index contributed by atoms with van der Waals surface area (Å²) in [6.45, 7) is 4.86. The first kappa shape index (κ1) is 21.7. The van der Waals surface area contributed by atoms with E-state index in [-0.39, 0.29) is 12.2 Å². The van der Waals surface area contributed by atoms with Gasteiger partial charge in [0.15, 0.2) is 0 Å². The van der Waals surface area contributed by atoms with Gasteiger partial charge in [-0.3, -0.25) is 9.36 Å². The van der Waals surface area contributed by atoms with E-state index in [1.165, 1.54) is 4.88 Å². The Morgan fingerprint density at radius 3 is 2.68 bits per heavy atom. The standard InChI is InChI=1S/C24H28N2O4S/c1-3-18(24(28)30-15-14-29-4-2)26-21(16-10-6-5-7-11-16)25-22-20(23(26)27)17-12-8-9-13-19(17)31-22/h5-7,10-11,18H,3-4,8-9,12-15H2,1-2H3. The molecule has 1 aliphatic carbocycles. The summed E-state index contributed by atoms with van der Waals surface area (Å²) in [6, 6.07) is 8.86. The van der Waals surface area contributed by atoms with Gasteiger partial charge in [-0.25, -0.2) is 9.78 Å². The fourth-order valence-electron chi connectivity index (χ4n) is 4.19. The highest BCUT2D eigenvalue weighted by Crippen LogP contribution is 2.35. The number of thiophene rings is 1. The third kappa shape index (κ3) is 4.29. The maximum atomic E-state index is 13.8. The van der Waals surface area contributed by atoms with E-state index in [0.717, 1.165) is 41.6 Å². The third-order valence-corrected chi connectivity index (χ3v) is 6.89. The van der Waals surface area contributed by atoms with Crippen LogP contribution >= 0.6 is 11.3 Å². The molecular formula is C24H28N2O4S. The Morgan fingerprint density at radius 1 is 1.16 bits per heavy atom. The monoisotopic (exact) mass is 440 g/mol. The molecule has 2 aromatic heterocycles. The fraction of sp³-hybridized carbons (Fsp3) is 0.458. The van der Waals surface area contributed by atoms with Crippen LogP contribution in [0.15, 0.2) is 35.1 Å². The second kappa shape index (κ2) is 9.75. The molecule has 0 spiro atoms. The summed E-state index contributed by atoms with van der Waals surface area (Å²) in [5, 5.41) is 0.681. The maximum absolute atomic E-state index is 13.8. The van der Waals surface area contributed by atoms with E-state index in [1.807, 2.05) is 44.2 Å². The lowest BCUT2D eigenvalue weighted by Crippen LogP contribution is -2.33. The number of esters is 1. The smallest absolute Gasteiger partial charge is 0.329 e. The van der Waals surface area contributed by atoms with Gasteiger partial charge in [-0.15, -0.1) is 11.3 Å². The molecule has 1 aromatic carbocycles. The number of aryl methyl sites for hydroxylation is 2. The zero-order valence-electron chi connectivity index (χ0n) is 18.1. The van der Waals surface area contributed by atoms with Crippen LogP contribution in [0.2, 0.25) is 0 Å². The Bertz CT molecular complexity index is 1120. The fourth-order valence-corrected chi connectivity index (χ4v) is 5.45. The molecule has 0 saturated carbocycles. The van der Waals surface area contributed by atoms with Crippen LogP contribution in [0.25, 0.3) is 21.6 Å². The normalized spacial score (nSPS) is 14.4. The predicted molar refractivity (Wildman–Crippen MR) is 123 cm³/mol. The first-order chi connectivity index (χ1) is 15.2. The van der Waals surface area contributed by atoms with E-state index in [4.69, 9.17) is 14.5 Å². The summed E-state index contributed by atoms with van der Waals surface area (Å²) >= 11 is 1.62. The topological polar surface area (TPSA) is 70.4 Å². The molecule has 0 amide bonds. The number of carbonyl (C=O) groups is 1. The van der Waals surface area contributed by atoms with Gasteiger partial charge in [0.25, 0.3) is 5.56 Å². The lowest BCUT2D eigenvalue weighted by molar-refractivity contribution is -0.149. The second-order valence-electron chi connectivity index (χ2n) is 7.66. The van der Waals surface area contributed by atoms with Crippen molar-refractivity contribution in [2.75, 3.05) is 19.8 Å². The van der Waals surface area contributed by atoms with Crippen LogP contribution in [0.5, 0.6) is 0 Å². The summed E-state index contributed by atoms with van der Waals surface area (Å²) in [5.74, 6) is 0.0945. The van der Waals surface area contributed by atoms with E-state index in [9.17, 15) is 9.59 Å². The van der Waals surface area contributed by atoms with E-state index in [1.54, 1.807) is 15.9 Å². The number of carbonyl (C=O) groups excluding carboxylic acids is 1. The van der Waals surface area contributed by atoms with E-state index in [2.05, 4.69) is 0 Å². The average molecular weight is 441 g/mol. The van der Waals surface area contributed by atoms with Crippen LogP contribution in [0.3, 0.4) is 0 Å². The maximum Gasteiger partial charge on any atom is 0.329 e. The number of fused-ring (bicyclic) bond motifs is 3. The van der Waals surface area contributed by atoms with Crippen LogP contribution in [-0.2, 0) is 27.1 Å². The van der Waals surface area contributed by atoms with E-state index >= 15 is 0 Å². The number of hydrogen-bond acceptors (Lipinski definition) is 6. The van der Waals surface area contributed by atoms with Gasteiger partial charge in [0.2, 0.25) is 0 Å². The average Bonchev–Trinajstić information content (AvgIpc) is 3.18. The summed E-state index contributed by atoms with van der Waals surface area (Å²) < 4.78 is 12.3. The molecule has 0 radical (unpaired) electrons. The Balaban J connectivity index is 1.85. The molecule has 1 atom stereocenters. The van der Waals surface area contributed by atoms with Crippen molar-refractivity contribution in [1.29, 1.82) is 0 Å². The van der Waals surface area contributed by atoms with Crippen LogP contribution < -0.4 is 5.56 Å². The molecule has 0 aliphatic heterocycles. The van der Waals surface area contributed by atoms with Gasteiger partial charge in [-0.2, -0.15) is 0 Å². The summed E-state index contributed by atoms with van der Waals surface area (Å²) in [6.07, 6.45) is 4.55. The predicted octanol–water partition coefficient (Wildman–Crippen LogP) is 4.53. The number of benzene rings is 1. The zero-order chi connectivity index (χ0) is 21.8. The summed E-state index contributed by atoms with van der Waals surface area (Å²) in [7, 11) is 0. The number of aromatic nitrogens is 2. The molecule has 0 N–H and O–H groups in total. The molecule has 7 heteroatoms. The number of nitrogens with zero attached hydrogens (tertiary/aromatic N) is 2. The van der Waals surface area contributed by atoms with Crippen molar-refractivity contribution >= 4 is 27.5 Å². The Kier molecular flexibility index (Phi) is 6.83. The highest BCUT2D eigenvalue weighted by molar-refractivity contribution is 7.18. The first-order valence-electron chi connectivity index (χ1n) is 11.0. The van der Waals surface area contributed by atoms with Crippen LogP contribution in [0.4, 0.5) is 0 Å². The van der Waals surface area contributed by atoms with Crippen molar-refractivity contribution in [2.45, 2.75) is 52.0 Å². The van der Waals surface area contributed by atoms with Gasteiger partial charge in [0.05, 0.1) is 12.0 Å². The van der Waals surface area contributed by atoms with Crippen LogP contribution in [0, 0.1) is 0 Å². The Hall–Kier alpha value is -2.51. The highest BCUT2D eigenvalue weighted by Gasteiger charge is 2.29. The second-order valence-corrected chi connectivity index (χ2v) is 8.74. The van der Waals surface area contributed by atoms with Crippen molar-refractivity contribution in [3.05, 3.63) is 51.1 Å². The van der Waals surface area contributed by atoms with E-state index in [0.29, 0.717) is 30.8 Å². The SMILES string of the molecule is CCOCCOC(=O)C(CC)n1c(-c2ccccc2)nc2sc3c(c2c1=O)CCCC3. The lowest BCUT2D eigenvalue weighted by atomic mass is 9.97. The Labute approximate surface area is 185 Å². The van der Waals surface area contributed by atoms with Gasteiger partial charge in [0.1, 0.15) is 23.3 Å². The van der Waals surface area contributed by atoms with Crippen molar-refractivity contribution in [2.24, 2.45) is 0 Å². The van der Waals surface area contributed by atoms with Gasteiger partial charge >= 0.3 is 5.97 Å². The minimum Gasteiger partial charge on any atom is -0.462 e. The van der Waals surface area contributed by atoms with Gasteiger partial charge in [-0.1, -0.05) is 37.3 Å². The van der Waals surface area contributed by atoms with Crippen molar-refractivity contribution in [3.63, 3.8) is 0 Å². The quantitative estimate of drug-likeness (QED) is 0.380. The number of rotatable bonds is 8. The summed E-state index contributed by atoms with van der Waals surface area (Å²) in [5.41, 5.74) is 1.79. The molecule has 1 aliphatic rings. The first-order valence-corrected chi connectivity index (χ1v) is 11.8.